The van der Waals surface area contributed by atoms with Crippen LogP contribution in [0, 0.1) is 12.8 Å². The summed E-state index contributed by atoms with van der Waals surface area (Å²) in [7, 11) is 1.52. The van der Waals surface area contributed by atoms with E-state index < -0.39 is 24.4 Å². The van der Waals surface area contributed by atoms with Gasteiger partial charge in [0.25, 0.3) is 5.91 Å². The van der Waals surface area contributed by atoms with E-state index in [-0.39, 0.29) is 24.7 Å². The van der Waals surface area contributed by atoms with E-state index in [4.69, 9.17) is 9.47 Å². The van der Waals surface area contributed by atoms with Gasteiger partial charge in [-0.05, 0) is 42.8 Å². The Balaban J connectivity index is 1.52. The van der Waals surface area contributed by atoms with Gasteiger partial charge in [-0.1, -0.05) is 18.2 Å². The SMILES string of the molecule is COc1ccc(C(=O)COC(=O)[C@H]2CC(=O)N(NC(=O)c3ccccc3C)C2)cc1. The molecule has 2 aromatic rings. The Hall–Kier alpha value is -3.68. The van der Waals surface area contributed by atoms with Crippen molar-refractivity contribution in [3.63, 3.8) is 0 Å². The Kier molecular flexibility index (Phi) is 6.46. The number of amides is 2. The van der Waals surface area contributed by atoms with Gasteiger partial charge in [-0.25, -0.2) is 0 Å². The summed E-state index contributed by atoms with van der Waals surface area (Å²) in [4.78, 5) is 49.0. The molecule has 1 saturated heterocycles. The van der Waals surface area contributed by atoms with Crippen LogP contribution >= 0.6 is 0 Å². The first-order valence-corrected chi connectivity index (χ1v) is 9.40. The largest absolute Gasteiger partial charge is 0.497 e. The number of rotatable bonds is 7. The van der Waals surface area contributed by atoms with Crippen molar-refractivity contribution >= 4 is 23.6 Å². The molecule has 2 amide bonds. The van der Waals surface area contributed by atoms with Crippen molar-refractivity contribution in [1.82, 2.24) is 10.4 Å². The number of methoxy groups -OCH3 is 1. The summed E-state index contributed by atoms with van der Waals surface area (Å²) in [6.45, 7) is 1.36. The standard InChI is InChI=1S/C22H22N2O6/c1-14-5-3-4-6-18(14)21(27)23-24-12-16(11-20(24)26)22(28)30-13-19(25)15-7-9-17(29-2)10-8-15/h3-10,16H,11-13H2,1-2H3,(H,23,27)/t16-/m0/s1. The van der Waals surface area contributed by atoms with Crippen LogP contribution in [-0.4, -0.2) is 48.8 Å². The normalized spacial score (nSPS) is 15.6. The number of hydrogen-bond donors (Lipinski definition) is 1. The number of ketones is 1. The first-order chi connectivity index (χ1) is 14.4. The number of benzene rings is 2. The molecule has 1 fully saturated rings. The molecule has 0 unspecified atom stereocenters. The van der Waals surface area contributed by atoms with Crippen LogP contribution in [0.25, 0.3) is 0 Å². The maximum atomic E-state index is 12.4. The molecule has 8 nitrogen and oxygen atoms in total. The Morgan fingerprint density at radius 1 is 1.10 bits per heavy atom. The van der Waals surface area contributed by atoms with Crippen molar-refractivity contribution in [1.29, 1.82) is 0 Å². The number of hydrogen-bond acceptors (Lipinski definition) is 6. The van der Waals surface area contributed by atoms with E-state index in [0.29, 0.717) is 16.9 Å². The zero-order valence-corrected chi connectivity index (χ0v) is 16.7. The molecule has 8 heteroatoms. The van der Waals surface area contributed by atoms with E-state index >= 15 is 0 Å². The molecule has 1 atom stereocenters. The smallest absolute Gasteiger partial charge is 0.311 e. The first kappa shape index (κ1) is 21.0. The molecular formula is C22H22N2O6. The summed E-state index contributed by atoms with van der Waals surface area (Å²) in [5.74, 6) is -1.97. The van der Waals surface area contributed by atoms with Crippen LogP contribution in [-0.2, 0) is 14.3 Å². The number of nitrogens with zero attached hydrogens (tertiary/aromatic N) is 1. The molecule has 0 saturated carbocycles. The number of esters is 1. The molecule has 30 heavy (non-hydrogen) atoms. The fraction of sp³-hybridized carbons (Fsp3) is 0.273. The topological polar surface area (TPSA) is 102 Å². The summed E-state index contributed by atoms with van der Waals surface area (Å²) in [6.07, 6.45) is -0.0936. The van der Waals surface area contributed by atoms with E-state index in [2.05, 4.69) is 5.43 Å². The van der Waals surface area contributed by atoms with Crippen molar-refractivity contribution in [3.8, 4) is 5.75 Å². The van der Waals surface area contributed by atoms with Crippen molar-refractivity contribution in [2.45, 2.75) is 13.3 Å². The summed E-state index contributed by atoms with van der Waals surface area (Å²) in [5, 5.41) is 1.12. The van der Waals surface area contributed by atoms with Crippen LogP contribution in [0.3, 0.4) is 0 Å². The minimum Gasteiger partial charge on any atom is -0.497 e. The van der Waals surface area contributed by atoms with E-state index in [1.807, 2.05) is 6.07 Å². The molecule has 1 heterocycles. The number of aryl methyl sites for hydroxylation is 1. The van der Waals surface area contributed by atoms with Crippen LogP contribution < -0.4 is 10.2 Å². The van der Waals surface area contributed by atoms with Gasteiger partial charge in [-0.2, -0.15) is 0 Å². The van der Waals surface area contributed by atoms with Gasteiger partial charge in [0, 0.05) is 17.5 Å². The molecule has 0 spiro atoms. The maximum Gasteiger partial charge on any atom is 0.311 e. The Morgan fingerprint density at radius 2 is 1.80 bits per heavy atom. The van der Waals surface area contributed by atoms with Crippen LogP contribution in [0.4, 0.5) is 0 Å². The highest BCUT2D eigenvalue weighted by Gasteiger charge is 2.36. The van der Waals surface area contributed by atoms with E-state index in [9.17, 15) is 19.2 Å². The van der Waals surface area contributed by atoms with Gasteiger partial charge < -0.3 is 9.47 Å². The van der Waals surface area contributed by atoms with Gasteiger partial charge in [0.1, 0.15) is 5.75 Å². The van der Waals surface area contributed by atoms with Crippen LogP contribution in [0.15, 0.2) is 48.5 Å². The minimum atomic E-state index is -0.752. The number of Topliss-reactive ketones (excluding diaryl/α,β-unsaturated/α-hetero) is 1. The molecule has 0 aromatic heterocycles. The van der Waals surface area contributed by atoms with Crippen molar-refractivity contribution in [2.24, 2.45) is 5.92 Å². The predicted octanol–water partition coefficient (Wildman–Crippen LogP) is 1.92. The second-order valence-corrected chi connectivity index (χ2v) is 6.92. The number of carbonyl (C=O) groups excluding carboxylic acids is 4. The number of nitrogens with one attached hydrogen (secondary N) is 1. The zero-order chi connectivity index (χ0) is 21.7. The van der Waals surface area contributed by atoms with Crippen molar-refractivity contribution in [2.75, 3.05) is 20.3 Å². The lowest BCUT2D eigenvalue weighted by atomic mass is 10.1. The third-order valence-corrected chi connectivity index (χ3v) is 4.84. The molecular weight excluding hydrogens is 388 g/mol. The molecule has 0 bridgehead atoms. The lowest BCUT2D eigenvalue weighted by Gasteiger charge is -2.18. The van der Waals surface area contributed by atoms with Crippen LogP contribution in [0.5, 0.6) is 5.75 Å². The summed E-state index contributed by atoms with van der Waals surface area (Å²) in [6, 6.07) is 13.4. The number of ether oxygens (including phenoxy) is 2. The van der Waals surface area contributed by atoms with Crippen LogP contribution in [0.1, 0.15) is 32.7 Å². The Labute approximate surface area is 173 Å². The first-order valence-electron chi connectivity index (χ1n) is 9.40. The van der Waals surface area contributed by atoms with Gasteiger partial charge in [0.2, 0.25) is 5.91 Å². The van der Waals surface area contributed by atoms with Gasteiger partial charge in [0.15, 0.2) is 12.4 Å². The van der Waals surface area contributed by atoms with E-state index in [1.165, 1.54) is 7.11 Å². The third kappa shape index (κ3) is 4.83. The summed E-state index contributed by atoms with van der Waals surface area (Å²) >= 11 is 0. The molecule has 0 aliphatic carbocycles. The fourth-order valence-corrected chi connectivity index (χ4v) is 3.10. The predicted molar refractivity (Wildman–Crippen MR) is 107 cm³/mol. The monoisotopic (exact) mass is 410 g/mol. The molecule has 2 aromatic carbocycles. The highest BCUT2D eigenvalue weighted by molar-refractivity contribution is 5.99. The average Bonchev–Trinajstić information content (AvgIpc) is 3.12. The highest BCUT2D eigenvalue weighted by atomic mass is 16.5. The van der Waals surface area contributed by atoms with Crippen LogP contribution in [0.2, 0.25) is 0 Å². The lowest BCUT2D eigenvalue weighted by molar-refractivity contribution is -0.147. The van der Waals surface area contributed by atoms with Crippen molar-refractivity contribution < 1.29 is 28.7 Å². The highest BCUT2D eigenvalue weighted by Crippen LogP contribution is 2.19. The van der Waals surface area contributed by atoms with Gasteiger partial charge in [-0.15, -0.1) is 0 Å². The maximum absolute atomic E-state index is 12.4. The average molecular weight is 410 g/mol. The number of hydrazine groups is 1. The van der Waals surface area contributed by atoms with Gasteiger partial charge in [0.05, 0.1) is 19.6 Å². The fourth-order valence-electron chi connectivity index (χ4n) is 3.10. The van der Waals surface area contributed by atoms with E-state index in [1.54, 1.807) is 49.4 Å². The van der Waals surface area contributed by atoms with Crippen molar-refractivity contribution in [3.05, 3.63) is 65.2 Å². The molecule has 1 N–H and O–H groups in total. The summed E-state index contributed by atoms with van der Waals surface area (Å²) in [5.41, 5.74) is 4.14. The van der Waals surface area contributed by atoms with E-state index in [0.717, 1.165) is 10.6 Å². The summed E-state index contributed by atoms with van der Waals surface area (Å²) < 4.78 is 10.1. The molecule has 156 valence electrons. The number of carbonyl (C=O) groups is 4. The molecule has 0 radical (unpaired) electrons. The second-order valence-electron chi connectivity index (χ2n) is 6.92. The third-order valence-electron chi connectivity index (χ3n) is 4.84. The zero-order valence-electron chi connectivity index (χ0n) is 16.7. The minimum absolute atomic E-state index is 0.00792. The molecule has 1 aliphatic rings. The van der Waals surface area contributed by atoms with Gasteiger partial charge >= 0.3 is 5.97 Å². The lowest BCUT2D eigenvalue weighted by Crippen LogP contribution is -2.43. The molecule has 3 rings (SSSR count). The Bertz CT molecular complexity index is 970. The Morgan fingerprint density at radius 3 is 2.47 bits per heavy atom. The second kappa shape index (κ2) is 9.21. The quantitative estimate of drug-likeness (QED) is 0.553. The molecule has 1 aliphatic heterocycles. The van der Waals surface area contributed by atoms with Gasteiger partial charge in [-0.3, -0.25) is 29.6 Å².